The van der Waals surface area contributed by atoms with Crippen LogP contribution in [0, 0.1) is 22.6 Å². The third kappa shape index (κ3) is 3.07. The highest BCUT2D eigenvalue weighted by Crippen LogP contribution is 2.33. The second kappa shape index (κ2) is 7.16. The Kier molecular flexibility index (Phi) is 4.38. The number of rotatable bonds is 0. The number of aromatic nitrogens is 7. The number of nitrogens with one attached hydrogen (secondary N) is 1. The summed E-state index contributed by atoms with van der Waals surface area (Å²) in [6, 6.07) is 6.24. The molecule has 12 nitrogen and oxygen atoms in total. The Morgan fingerprint density at radius 3 is 2.85 bits per heavy atom. The number of anilines is 2. The standard InChI is InChI=1S/C20H18FN11O/c1-9-11-5-10(21)3-4-14(11)32-20(25)28-19(24)31(32)8-13-16(15(6-22)30(2)29-13)12-7-26-17(23)18(27-12)33-9/h3-5,7,9H,8H2,1-2H3,(H2,23,26)(H3,24,25,28)/t9-/m1/s1. The van der Waals surface area contributed by atoms with Crippen LogP contribution in [0.1, 0.15) is 30.0 Å². The molecule has 33 heavy (non-hydrogen) atoms. The van der Waals surface area contributed by atoms with E-state index in [9.17, 15) is 9.65 Å². The third-order valence-corrected chi connectivity index (χ3v) is 5.42. The van der Waals surface area contributed by atoms with Gasteiger partial charge in [-0.15, -0.1) is 0 Å². The number of nitriles is 1. The molecule has 5 N–H and O–H groups in total. The predicted octanol–water partition coefficient (Wildman–Crippen LogP) is 1.02. The van der Waals surface area contributed by atoms with Crippen molar-refractivity contribution >= 4 is 11.8 Å². The molecule has 2 bridgehead atoms. The highest BCUT2D eigenvalue weighted by molar-refractivity contribution is 5.69. The summed E-state index contributed by atoms with van der Waals surface area (Å²) >= 11 is 0. The van der Waals surface area contributed by atoms with E-state index in [4.69, 9.17) is 21.6 Å². The molecule has 1 aliphatic rings. The minimum atomic E-state index is -0.727. The zero-order valence-corrected chi connectivity index (χ0v) is 17.6. The molecular weight excluding hydrogens is 429 g/mol. The minimum Gasteiger partial charge on any atom is -0.467 e. The molecule has 0 saturated carbocycles. The lowest BCUT2D eigenvalue weighted by molar-refractivity contribution is 0.217. The van der Waals surface area contributed by atoms with Crippen molar-refractivity contribution in [2.24, 2.45) is 7.05 Å². The van der Waals surface area contributed by atoms with Crippen LogP contribution in [0.15, 0.2) is 24.4 Å². The number of nitrogens with two attached hydrogens (primary N) is 2. The number of hydrogen-bond acceptors (Lipinski definition) is 9. The molecule has 13 heteroatoms. The van der Waals surface area contributed by atoms with Crippen LogP contribution in [-0.2, 0) is 13.6 Å². The molecule has 4 heterocycles. The van der Waals surface area contributed by atoms with Crippen molar-refractivity contribution in [2.45, 2.75) is 19.6 Å². The number of hydrogen-bond donors (Lipinski definition) is 3. The van der Waals surface area contributed by atoms with Gasteiger partial charge in [-0.25, -0.2) is 23.7 Å². The van der Waals surface area contributed by atoms with Gasteiger partial charge in [0.1, 0.15) is 23.7 Å². The van der Waals surface area contributed by atoms with Gasteiger partial charge in [0.2, 0.25) is 11.6 Å². The van der Waals surface area contributed by atoms with Gasteiger partial charge in [-0.05, 0) is 25.1 Å². The fourth-order valence-electron chi connectivity index (χ4n) is 3.92. The van der Waals surface area contributed by atoms with Gasteiger partial charge in [0, 0.05) is 12.6 Å². The van der Waals surface area contributed by atoms with Crippen LogP contribution < -0.4 is 21.8 Å². The number of aryl methyl sites for hydroxylation is 1. The molecule has 1 atom stereocenters. The van der Waals surface area contributed by atoms with E-state index in [1.807, 2.05) is 0 Å². The monoisotopic (exact) mass is 447 g/mol. The summed E-state index contributed by atoms with van der Waals surface area (Å²) in [5.41, 5.74) is 14.3. The summed E-state index contributed by atoms with van der Waals surface area (Å²) in [6.07, 6.45) is 0.695. The Morgan fingerprint density at radius 2 is 2.09 bits per heavy atom. The highest BCUT2D eigenvalue weighted by atomic mass is 19.1. The topological polar surface area (TPSA) is 175 Å². The van der Waals surface area contributed by atoms with E-state index in [0.29, 0.717) is 28.2 Å². The molecule has 5 rings (SSSR count). The lowest BCUT2D eigenvalue weighted by atomic mass is 10.1. The summed E-state index contributed by atoms with van der Waals surface area (Å²) in [4.78, 5) is 12.7. The summed E-state index contributed by atoms with van der Waals surface area (Å²) in [5, 5.41) is 22.6. The normalized spacial score (nSPS) is 14.7. The molecule has 0 fully saturated rings. The van der Waals surface area contributed by atoms with Crippen LogP contribution in [0.3, 0.4) is 0 Å². The van der Waals surface area contributed by atoms with Gasteiger partial charge in [0.25, 0.3) is 5.88 Å². The van der Waals surface area contributed by atoms with Crippen LogP contribution in [0.25, 0.3) is 16.9 Å². The van der Waals surface area contributed by atoms with Gasteiger partial charge in [0.15, 0.2) is 5.82 Å². The first-order chi connectivity index (χ1) is 15.8. The number of fused-ring (bicyclic) bond motifs is 7. The summed E-state index contributed by atoms with van der Waals surface area (Å²) < 4.78 is 24.6. The number of nitrogen functional groups attached to an aromatic ring is 2. The molecule has 0 spiro atoms. The molecule has 0 saturated heterocycles. The van der Waals surface area contributed by atoms with Crippen molar-refractivity contribution in [3.05, 3.63) is 52.8 Å². The van der Waals surface area contributed by atoms with E-state index < -0.39 is 11.9 Å². The smallest absolute Gasteiger partial charge is 0.258 e. The largest absolute Gasteiger partial charge is 0.467 e. The minimum absolute atomic E-state index is 0.0212. The average Bonchev–Trinajstić information content (AvgIpc) is 3.23. The Labute approximate surface area is 186 Å². The molecule has 0 amide bonds. The Bertz CT molecular complexity index is 1520. The zero-order chi connectivity index (χ0) is 23.4. The maximum absolute atomic E-state index is 14.2. The Hall–Kier alpha value is -4.73. The second-order valence-corrected chi connectivity index (χ2v) is 7.48. The number of halogens is 1. The fourth-order valence-corrected chi connectivity index (χ4v) is 3.92. The molecule has 0 unspecified atom stereocenters. The van der Waals surface area contributed by atoms with E-state index in [2.05, 4.69) is 26.1 Å². The highest BCUT2D eigenvalue weighted by Gasteiger charge is 2.26. The zero-order valence-electron chi connectivity index (χ0n) is 17.6. The molecule has 4 aromatic rings. The Balaban J connectivity index is 1.89. The molecule has 3 aromatic heterocycles. The maximum Gasteiger partial charge on any atom is 0.258 e. The van der Waals surface area contributed by atoms with Crippen molar-refractivity contribution < 1.29 is 9.13 Å². The predicted molar refractivity (Wildman–Crippen MR) is 113 cm³/mol. The van der Waals surface area contributed by atoms with Crippen molar-refractivity contribution in [1.29, 1.82) is 10.7 Å². The first kappa shape index (κ1) is 20.2. The lowest BCUT2D eigenvalue weighted by Crippen LogP contribution is -2.26. The molecule has 1 aliphatic heterocycles. The molecule has 1 aromatic carbocycles. The van der Waals surface area contributed by atoms with E-state index in [1.54, 1.807) is 14.0 Å². The molecule has 166 valence electrons. The maximum atomic E-state index is 14.2. The van der Waals surface area contributed by atoms with E-state index in [1.165, 1.54) is 38.4 Å². The van der Waals surface area contributed by atoms with Gasteiger partial charge in [0.05, 0.1) is 35.4 Å². The van der Waals surface area contributed by atoms with Crippen molar-refractivity contribution in [3.8, 4) is 28.9 Å². The third-order valence-electron chi connectivity index (χ3n) is 5.42. The first-order valence-electron chi connectivity index (χ1n) is 9.83. The number of ether oxygens (including phenoxy) is 1. The van der Waals surface area contributed by atoms with E-state index >= 15 is 0 Å². The van der Waals surface area contributed by atoms with Crippen LogP contribution in [0.5, 0.6) is 5.88 Å². The quantitative estimate of drug-likeness (QED) is 0.358. The Morgan fingerprint density at radius 1 is 1.30 bits per heavy atom. The fraction of sp³-hybridized carbons (Fsp3) is 0.200. The summed E-state index contributed by atoms with van der Waals surface area (Å²) in [6.45, 7) is 1.73. The van der Waals surface area contributed by atoms with Gasteiger partial charge < -0.3 is 16.2 Å². The molecule has 0 radical (unpaired) electrons. The van der Waals surface area contributed by atoms with Crippen LogP contribution in [0.4, 0.5) is 16.2 Å². The van der Waals surface area contributed by atoms with Gasteiger partial charge in [-0.2, -0.15) is 15.3 Å². The van der Waals surface area contributed by atoms with Crippen molar-refractivity contribution in [2.75, 3.05) is 11.5 Å². The van der Waals surface area contributed by atoms with Gasteiger partial charge >= 0.3 is 0 Å². The van der Waals surface area contributed by atoms with Crippen molar-refractivity contribution in [3.63, 3.8) is 0 Å². The van der Waals surface area contributed by atoms with E-state index in [0.717, 1.165) is 0 Å². The average molecular weight is 447 g/mol. The van der Waals surface area contributed by atoms with Gasteiger partial charge in [-0.3, -0.25) is 10.1 Å². The summed E-state index contributed by atoms with van der Waals surface area (Å²) in [5.74, 6) is -0.392. The molecule has 0 aliphatic carbocycles. The number of benzene rings is 1. The first-order valence-corrected chi connectivity index (χ1v) is 9.83. The number of nitrogens with zero attached hydrogens (tertiary/aromatic N) is 8. The van der Waals surface area contributed by atoms with E-state index in [-0.39, 0.29) is 35.5 Å². The summed E-state index contributed by atoms with van der Waals surface area (Å²) in [7, 11) is 1.63. The molecular formula is C20H18FN11O. The lowest BCUT2D eigenvalue weighted by Gasteiger charge is -2.22. The SMILES string of the molecule is C[C@H]1Oc2nc(cnc2N)-c2c(nn(C)c2C#N)Cn2c(=N)nc(N)n2-c2ccc(F)cc21. The van der Waals surface area contributed by atoms with Crippen LogP contribution >= 0.6 is 0 Å². The van der Waals surface area contributed by atoms with Crippen molar-refractivity contribution in [1.82, 2.24) is 34.1 Å². The van der Waals surface area contributed by atoms with Crippen LogP contribution in [0.2, 0.25) is 0 Å². The van der Waals surface area contributed by atoms with Gasteiger partial charge in [-0.1, -0.05) is 0 Å². The second-order valence-electron chi connectivity index (χ2n) is 7.48. The van der Waals surface area contributed by atoms with Crippen LogP contribution in [-0.4, -0.2) is 34.1 Å².